The first-order valence-electron chi connectivity index (χ1n) is 5.78. The number of carboxylic acid groups (broad SMARTS) is 1. The van der Waals surface area contributed by atoms with E-state index in [-0.39, 0.29) is 15.5 Å². The third kappa shape index (κ3) is 3.50. The molecule has 0 aliphatic carbocycles. The molecule has 0 atom stereocenters. The quantitative estimate of drug-likeness (QED) is 0.900. The number of hydrogen-bond acceptors (Lipinski definition) is 4. The third-order valence-corrected chi connectivity index (χ3v) is 4.34. The molecule has 0 saturated heterocycles. The summed E-state index contributed by atoms with van der Waals surface area (Å²) in [5.74, 6) is -1.29. The Labute approximate surface area is 126 Å². The first-order valence-corrected chi connectivity index (χ1v) is 7.64. The van der Waals surface area contributed by atoms with Crippen molar-refractivity contribution in [2.75, 3.05) is 4.72 Å². The van der Waals surface area contributed by atoms with Crippen LogP contribution in [0, 0.1) is 6.92 Å². The van der Waals surface area contributed by atoms with Crippen LogP contribution in [0.4, 0.5) is 5.69 Å². The fourth-order valence-electron chi connectivity index (χ4n) is 1.66. The lowest BCUT2D eigenvalue weighted by Gasteiger charge is -2.09. The Morgan fingerprint density at radius 3 is 2.62 bits per heavy atom. The Morgan fingerprint density at radius 2 is 2.00 bits per heavy atom. The number of sulfonamides is 1. The van der Waals surface area contributed by atoms with Gasteiger partial charge < -0.3 is 5.11 Å². The summed E-state index contributed by atoms with van der Waals surface area (Å²) < 4.78 is 26.8. The van der Waals surface area contributed by atoms with Gasteiger partial charge in [-0.25, -0.2) is 13.2 Å². The molecule has 0 bridgehead atoms. The first kappa shape index (κ1) is 15.3. The zero-order valence-electron chi connectivity index (χ0n) is 10.9. The standard InChI is InChI=1S/C13H11ClN2O4S/c1-8-6-9(4-5-15-8)16-21(19,20)10-2-3-12(14)11(7-10)13(17)18/h2-7H,1H3,(H,15,16)(H,17,18). The van der Waals surface area contributed by atoms with E-state index < -0.39 is 16.0 Å². The summed E-state index contributed by atoms with van der Waals surface area (Å²) in [5.41, 5.74) is 0.720. The predicted molar refractivity (Wildman–Crippen MR) is 78.2 cm³/mol. The van der Waals surface area contributed by atoms with E-state index in [0.29, 0.717) is 11.4 Å². The van der Waals surface area contributed by atoms with Crippen LogP contribution in [0.15, 0.2) is 41.4 Å². The smallest absolute Gasteiger partial charge is 0.337 e. The van der Waals surface area contributed by atoms with Crippen molar-refractivity contribution in [3.8, 4) is 0 Å². The Morgan fingerprint density at radius 1 is 1.29 bits per heavy atom. The Kier molecular flexibility index (Phi) is 4.15. The van der Waals surface area contributed by atoms with E-state index in [2.05, 4.69) is 9.71 Å². The lowest BCUT2D eigenvalue weighted by molar-refractivity contribution is 0.0697. The molecule has 0 unspecified atom stereocenters. The normalized spacial score (nSPS) is 11.1. The molecule has 0 aliphatic heterocycles. The van der Waals surface area contributed by atoms with E-state index in [4.69, 9.17) is 16.7 Å². The molecule has 6 nitrogen and oxygen atoms in total. The number of nitrogens with one attached hydrogen (secondary N) is 1. The van der Waals surface area contributed by atoms with Crippen molar-refractivity contribution in [2.45, 2.75) is 11.8 Å². The topological polar surface area (TPSA) is 96.4 Å². The summed E-state index contributed by atoms with van der Waals surface area (Å²) in [6, 6.07) is 6.55. The minimum atomic E-state index is -3.90. The number of carbonyl (C=O) groups is 1. The van der Waals surface area contributed by atoms with Gasteiger partial charge in [0, 0.05) is 11.9 Å². The second-order valence-corrected chi connectivity index (χ2v) is 6.33. The van der Waals surface area contributed by atoms with Crippen LogP contribution in [0.2, 0.25) is 5.02 Å². The van der Waals surface area contributed by atoms with E-state index in [1.54, 1.807) is 13.0 Å². The number of pyridine rings is 1. The van der Waals surface area contributed by atoms with Crippen LogP contribution in [0.3, 0.4) is 0 Å². The largest absolute Gasteiger partial charge is 0.478 e. The second kappa shape index (κ2) is 5.71. The number of aryl methyl sites for hydroxylation is 1. The van der Waals surface area contributed by atoms with Gasteiger partial charge in [0.2, 0.25) is 0 Å². The fourth-order valence-corrected chi connectivity index (χ4v) is 2.93. The van der Waals surface area contributed by atoms with E-state index >= 15 is 0 Å². The van der Waals surface area contributed by atoms with Crippen molar-refractivity contribution in [3.63, 3.8) is 0 Å². The SMILES string of the molecule is Cc1cc(NS(=O)(=O)c2ccc(Cl)c(C(=O)O)c2)ccn1. The molecule has 1 aromatic carbocycles. The molecule has 0 fully saturated rings. The van der Waals surface area contributed by atoms with Crippen molar-refractivity contribution in [2.24, 2.45) is 0 Å². The minimum absolute atomic E-state index is 0.0267. The molecule has 0 spiro atoms. The molecular weight excluding hydrogens is 316 g/mol. The van der Waals surface area contributed by atoms with Gasteiger partial charge in [0.05, 0.1) is 21.2 Å². The van der Waals surface area contributed by atoms with E-state index in [1.165, 1.54) is 24.4 Å². The molecule has 1 heterocycles. The van der Waals surface area contributed by atoms with Gasteiger partial charge in [-0.15, -0.1) is 0 Å². The summed E-state index contributed by atoms with van der Waals surface area (Å²) in [5, 5.41) is 8.95. The Balaban J connectivity index is 2.40. The van der Waals surface area contributed by atoms with Gasteiger partial charge in [0.15, 0.2) is 0 Å². The summed E-state index contributed by atoms with van der Waals surface area (Å²) >= 11 is 5.72. The van der Waals surface area contributed by atoms with Gasteiger partial charge in [-0.3, -0.25) is 9.71 Å². The molecule has 0 radical (unpaired) electrons. The summed E-state index contributed by atoms with van der Waals surface area (Å²) in [4.78, 5) is 14.8. The maximum absolute atomic E-state index is 12.2. The average molecular weight is 327 g/mol. The molecule has 110 valence electrons. The van der Waals surface area contributed by atoms with Crippen molar-refractivity contribution < 1.29 is 18.3 Å². The van der Waals surface area contributed by atoms with Gasteiger partial charge in [0.25, 0.3) is 10.0 Å². The maximum Gasteiger partial charge on any atom is 0.337 e. The number of aromatic carboxylic acids is 1. The fraction of sp³-hybridized carbons (Fsp3) is 0.0769. The number of rotatable bonds is 4. The van der Waals surface area contributed by atoms with Crippen LogP contribution >= 0.6 is 11.6 Å². The average Bonchev–Trinajstić information content (AvgIpc) is 2.38. The van der Waals surface area contributed by atoms with Crippen LogP contribution in [0.25, 0.3) is 0 Å². The van der Waals surface area contributed by atoms with E-state index in [1.807, 2.05) is 0 Å². The molecule has 0 saturated carbocycles. The van der Waals surface area contributed by atoms with Crippen LogP contribution < -0.4 is 4.72 Å². The van der Waals surface area contributed by atoms with Crippen molar-refractivity contribution >= 4 is 33.3 Å². The van der Waals surface area contributed by atoms with Crippen LogP contribution in [-0.2, 0) is 10.0 Å². The van der Waals surface area contributed by atoms with Gasteiger partial charge in [-0.2, -0.15) is 0 Å². The number of aromatic nitrogens is 1. The molecule has 8 heteroatoms. The number of benzene rings is 1. The highest BCUT2D eigenvalue weighted by molar-refractivity contribution is 7.92. The molecule has 0 aliphatic rings. The molecule has 2 rings (SSSR count). The van der Waals surface area contributed by atoms with Gasteiger partial charge in [0.1, 0.15) is 0 Å². The van der Waals surface area contributed by atoms with E-state index in [9.17, 15) is 13.2 Å². The monoisotopic (exact) mass is 326 g/mol. The predicted octanol–water partition coefficient (Wildman–Crippen LogP) is 2.54. The zero-order chi connectivity index (χ0) is 15.6. The molecule has 2 N–H and O–H groups in total. The van der Waals surface area contributed by atoms with E-state index in [0.717, 1.165) is 6.07 Å². The number of nitrogens with zero attached hydrogens (tertiary/aromatic N) is 1. The van der Waals surface area contributed by atoms with Gasteiger partial charge >= 0.3 is 5.97 Å². The first-order chi connectivity index (χ1) is 9.79. The highest BCUT2D eigenvalue weighted by atomic mass is 35.5. The Bertz CT molecular complexity index is 806. The molecule has 21 heavy (non-hydrogen) atoms. The lowest BCUT2D eigenvalue weighted by Crippen LogP contribution is -2.14. The summed E-state index contributed by atoms with van der Waals surface area (Å²) in [7, 11) is -3.90. The molecular formula is C13H11ClN2O4S. The molecule has 0 amide bonds. The summed E-state index contributed by atoms with van der Waals surface area (Å²) in [6.07, 6.45) is 1.47. The van der Waals surface area contributed by atoms with Crippen molar-refractivity contribution in [1.82, 2.24) is 4.98 Å². The highest BCUT2D eigenvalue weighted by Crippen LogP contribution is 2.22. The van der Waals surface area contributed by atoms with Crippen LogP contribution in [0.5, 0.6) is 0 Å². The van der Waals surface area contributed by atoms with Crippen molar-refractivity contribution in [3.05, 3.63) is 52.8 Å². The minimum Gasteiger partial charge on any atom is -0.478 e. The zero-order valence-corrected chi connectivity index (χ0v) is 12.4. The number of carboxylic acids is 1. The van der Waals surface area contributed by atoms with Gasteiger partial charge in [-0.05, 0) is 37.3 Å². The van der Waals surface area contributed by atoms with Crippen LogP contribution in [-0.4, -0.2) is 24.5 Å². The number of anilines is 1. The van der Waals surface area contributed by atoms with Crippen molar-refractivity contribution in [1.29, 1.82) is 0 Å². The third-order valence-electron chi connectivity index (χ3n) is 2.63. The Hall–Kier alpha value is -2.12. The number of halogens is 1. The maximum atomic E-state index is 12.2. The molecule has 2 aromatic rings. The summed E-state index contributed by atoms with van der Waals surface area (Å²) in [6.45, 7) is 1.72. The van der Waals surface area contributed by atoms with Gasteiger partial charge in [-0.1, -0.05) is 11.6 Å². The molecule has 1 aromatic heterocycles. The lowest BCUT2D eigenvalue weighted by atomic mass is 10.2. The second-order valence-electron chi connectivity index (χ2n) is 4.24. The van der Waals surface area contributed by atoms with Crippen LogP contribution in [0.1, 0.15) is 16.1 Å². The number of hydrogen-bond donors (Lipinski definition) is 2. The highest BCUT2D eigenvalue weighted by Gasteiger charge is 2.18.